The SMILES string of the molecule is COc1ccc(C(=O)N/N=C/c2ccc(OCC(=O)N[C@H](C)c3ccccc3)cc2)cc1OC. The van der Waals surface area contributed by atoms with Crippen molar-refractivity contribution in [2.75, 3.05) is 20.8 Å². The monoisotopic (exact) mass is 461 g/mol. The zero-order chi connectivity index (χ0) is 24.3. The predicted molar refractivity (Wildman–Crippen MR) is 130 cm³/mol. The molecule has 0 bridgehead atoms. The van der Waals surface area contributed by atoms with E-state index in [9.17, 15) is 9.59 Å². The number of hydrogen-bond acceptors (Lipinski definition) is 6. The van der Waals surface area contributed by atoms with Crippen molar-refractivity contribution in [3.05, 3.63) is 89.5 Å². The van der Waals surface area contributed by atoms with Gasteiger partial charge in [-0.05, 0) is 60.5 Å². The summed E-state index contributed by atoms with van der Waals surface area (Å²) < 4.78 is 15.9. The molecule has 3 aromatic carbocycles. The van der Waals surface area contributed by atoms with Crippen molar-refractivity contribution < 1.29 is 23.8 Å². The van der Waals surface area contributed by atoms with Crippen LogP contribution in [0.1, 0.15) is 34.5 Å². The topological polar surface area (TPSA) is 98.3 Å². The van der Waals surface area contributed by atoms with Gasteiger partial charge in [0.05, 0.1) is 26.5 Å². The van der Waals surface area contributed by atoms with Crippen molar-refractivity contribution in [3.63, 3.8) is 0 Å². The number of hydrazone groups is 1. The molecule has 2 amide bonds. The first-order chi connectivity index (χ1) is 16.5. The van der Waals surface area contributed by atoms with Crippen LogP contribution < -0.4 is 25.0 Å². The Morgan fingerprint density at radius 3 is 2.32 bits per heavy atom. The van der Waals surface area contributed by atoms with Gasteiger partial charge >= 0.3 is 0 Å². The fourth-order valence-electron chi connectivity index (χ4n) is 3.11. The van der Waals surface area contributed by atoms with Crippen LogP contribution in [0.15, 0.2) is 77.9 Å². The molecule has 8 nitrogen and oxygen atoms in total. The minimum Gasteiger partial charge on any atom is -0.493 e. The van der Waals surface area contributed by atoms with Gasteiger partial charge < -0.3 is 19.5 Å². The molecule has 8 heteroatoms. The molecule has 34 heavy (non-hydrogen) atoms. The molecule has 0 aromatic heterocycles. The van der Waals surface area contributed by atoms with E-state index in [-0.39, 0.29) is 24.5 Å². The minimum atomic E-state index is -0.382. The molecule has 176 valence electrons. The summed E-state index contributed by atoms with van der Waals surface area (Å²) in [5, 5.41) is 6.88. The molecule has 3 aromatic rings. The van der Waals surface area contributed by atoms with Crippen molar-refractivity contribution in [3.8, 4) is 17.2 Å². The van der Waals surface area contributed by atoms with E-state index >= 15 is 0 Å². The smallest absolute Gasteiger partial charge is 0.271 e. The van der Waals surface area contributed by atoms with Gasteiger partial charge in [0.2, 0.25) is 0 Å². The number of methoxy groups -OCH3 is 2. The molecule has 0 spiro atoms. The lowest BCUT2D eigenvalue weighted by atomic mass is 10.1. The highest BCUT2D eigenvalue weighted by atomic mass is 16.5. The third kappa shape index (κ3) is 6.83. The van der Waals surface area contributed by atoms with E-state index in [2.05, 4.69) is 15.8 Å². The molecule has 2 N–H and O–H groups in total. The first-order valence-electron chi connectivity index (χ1n) is 10.6. The quantitative estimate of drug-likeness (QED) is 0.354. The van der Waals surface area contributed by atoms with Crippen LogP contribution in [-0.4, -0.2) is 38.9 Å². The first kappa shape index (κ1) is 24.3. The second kappa shape index (κ2) is 12.1. The summed E-state index contributed by atoms with van der Waals surface area (Å²) in [6.07, 6.45) is 1.51. The van der Waals surface area contributed by atoms with Crippen molar-refractivity contribution in [1.29, 1.82) is 0 Å². The highest BCUT2D eigenvalue weighted by Gasteiger charge is 2.11. The van der Waals surface area contributed by atoms with E-state index < -0.39 is 0 Å². The maximum Gasteiger partial charge on any atom is 0.271 e. The molecule has 0 radical (unpaired) electrons. The molecule has 1 atom stereocenters. The normalized spacial score (nSPS) is 11.5. The van der Waals surface area contributed by atoms with Crippen LogP contribution in [0.25, 0.3) is 0 Å². The molecule has 0 heterocycles. The Kier molecular flexibility index (Phi) is 8.62. The van der Waals surface area contributed by atoms with Gasteiger partial charge in [0, 0.05) is 5.56 Å². The van der Waals surface area contributed by atoms with Crippen LogP contribution in [0.4, 0.5) is 0 Å². The van der Waals surface area contributed by atoms with Crippen LogP contribution in [-0.2, 0) is 4.79 Å². The lowest BCUT2D eigenvalue weighted by molar-refractivity contribution is -0.123. The minimum absolute atomic E-state index is 0.0913. The Hall–Kier alpha value is -4.33. The summed E-state index contributed by atoms with van der Waals surface area (Å²) in [6.45, 7) is 1.83. The molecule has 3 rings (SSSR count). The molecule has 0 unspecified atom stereocenters. The van der Waals surface area contributed by atoms with Crippen LogP contribution in [0.2, 0.25) is 0 Å². The molecule has 0 aliphatic heterocycles. The van der Waals surface area contributed by atoms with Crippen LogP contribution in [0.5, 0.6) is 17.2 Å². The maximum atomic E-state index is 12.3. The van der Waals surface area contributed by atoms with Crippen LogP contribution >= 0.6 is 0 Å². The lowest BCUT2D eigenvalue weighted by Crippen LogP contribution is -2.31. The second-order valence-corrected chi connectivity index (χ2v) is 7.33. The molecule has 0 aliphatic carbocycles. The summed E-state index contributed by atoms with van der Waals surface area (Å²) >= 11 is 0. The highest BCUT2D eigenvalue weighted by Crippen LogP contribution is 2.27. The average Bonchev–Trinajstić information content (AvgIpc) is 2.88. The second-order valence-electron chi connectivity index (χ2n) is 7.33. The fraction of sp³-hybridized carbons (Fsp3) is 0.192. The van der Waals surface area contributed by atoms with Gasteiger partial charge in [-0.15, -0.1) is 0 Å². The summed E-state index contributed by atoms with van der Waals surface area (Å²) in [5.41, 5.74) is 4.64. The van der Waals surface area contributed by atoms with Crippen LogP contribution in [0, 0.1) is 0 Å². The predicted octanol–water partition coefficient (Wildman–Crippen LogP) is 3.72. The number of rotatable bonds is 10. The zero-order valence-corrected chi connectivity index (χ0v) is 19.3. The van der Waals surface area contributed by atoms with Gasteiger partial charge in [-0.1, -0.05) is 30.3 Å². The number of nitrogens with one attached hydrogen (secondary N) is 2. The molecule has 0 saturated heterocycles. The summed E-state index contributed by atoms with van der Waals surface area (Å²) in [7, 11) is 3.03. The third-order valence-corrected chi connectivity index (χ3v) is 4.95. The van der Waals surface area contributed by atoms with Gasteiger partial charge in [0.25, 0.3) is 11.8 Å². The van der Waals surface area contributed by atoms with E-state index in [1.807, 2.05) is 37.3 Å². The van der Waals surface area contributed by atoms with Crippen LogP contribution in [0.3, 0.4) is 0 Å². The Balaban J connectivity index is 1.47. The Morgan fingerprint density at radius 1 is 0.941 bits per heavy atom. The van der Waals surface area contributed by atoms with E-state index in [0.29, 0.717) is 22.8 Å². The first-order valence-corrected chi connectivity index (χ1v) is 10.6. The fourth-order valence-corrected chi connectivity index (χ4v) is 3.11. The van der Waals surface area contributed by atoms with Gasteiger partial charge in [-0.2, -0.15) is 5.10 Å². The summed E-state index contributed by atoms with van der Waals surface area (Å²) in [5.74, 6) is 0.952. The molecular weight excluding hydrogens is 434 g/mol. The van der Waals surface area contributed by atoms with Crippen molar-refractivity contribution >= 4 is 18.0 Å². The molecule has 0 fully saturated rings. The summed E-state index contributed by atoms with van der Waals surface area (Å²) in [4.78, 5) is 24.4. The third-order valence-electron chi connectivity index (χ3n) is 4.95. The standard InChI is InChI=1S/C26H27N3O5/c1-18(20-7-5-4-6-8-20)28-25(30)17-34-22-12-9-19(10-13-22)16-27-29-26(31)21-11-14-23(32-2)24(15-21)33-3/h4-16,18H,17H2,1-3H3,(H,28,30)(H,29,31)/b27-16+/t18-/m1/s1. The van der Waals surface area contributed by atoms with Gasteiger partial charge in [-0.25, -0.2) is 5.43 Å². The Bertz CT molecular complexity index is 1130. The molecule has 0 aliphatic rings. The van der Waals surface area contributed by atoms with Gasteiger partial charge in [-0.3, -0.25) is 9.59 Å². The molecular formula is C26H27N3O5. The maximum absolute atomic E-state index is 12.3. The number of carbonyl (C=O) groups excluding carboxylic acids is 2. The van der Waals surface area contributed by atoms with Gasteiger partial charge in [0.1, 0.15) is 5.75 Å². The molecule has 0 saturated carbocycles. The Labute approximate surface area is 198 Å². The van der Waals surface area contributed by atoms with Crippen molar-refractivity contribution in [1.82, 2.24) is 10.7 Å². The number of carbonyl (C=O) groups is 2. The van der Waals surface area contributed by atoms with E-state index in [1.54, 1.807) is 42.5 Å². The Morgan fingerprint density at radius 2 is 1.65 bits per heavy atom. The highest BCUT2D eigenvalue weighted by molar-refractivity contribution is 5.95. The number of ether oxygens (including phenoxy) is 3. The average molecular weight is 462 g/mol. The summed E-state index contributed by atoms with van der Waals surface area (Å²) in [6, 6.07) is 21.5. The largest absolute Gasteiger partial charge is 0.493 e. The van der Waals surface area contributed by atoms with Gasteiger partial charge in [0.15, 0.2) is 18.1 Å². The number of hydrogen-bond donors (Lipinski definition) is 2. The number of nitrogens with zero attached hydrogens (tertiary/aromatic N) is 1. The van der Waals surface area contributed by atoms with Crippen molar-refractivity contribution in [2.24, 2.45) is 5.10 Å². The van der Waals surface area contributed by atoms with E-state index in [4.69, 9.17) is 14.2 Å². The number of benzene rings is 3. The lowest BCUT2D eigenvalue weighted by Gasteiger charge is -2.14. The van der Waals surface area contributed by atoms with E-state index in [1.165, 1.54) is 20.4 Å². The van der Waals surface area contributed by atoms with E-state index in [0.717, 1.165) is 11.1 Å². The zero-order valence-electron chi connectivity index (χ0n) is 19.3. The van der Waals surface area contributed by atoms with Crippen molar-refractivity contribution in [2.45, 2.75) is 13.0 Å². The number of amides is 2.